The van der Waals surface area contributed by atoms with Crippen LogP contribution in [0.4, 0.5) is 0 Å². The zero-order valence-corrected chi connectivity index (χ0v) is 12.4. The van der Waals surface area contributed by atoms with Crippen molar-refractivity contribution in [2.75, 3.05) is 26.4 Å². The summed E-state index contributed by atoms with van der Waals surface area (Å²) < 4.78 is 2.32. The van der Waals surface area contributed by atoms with E-state index < -0.39 is 0 Å². The summed E-state index contributed by atoms with van der Waals surface area (Å²) in [6.45, 7) is 1.99. The van der Waals surface area contributed by atoms with E-state index in [-0.39, 0.29) is 0 Å². The second kappa shape index (κ2) is 5.51. The molecule has 0 N–H and O–H groups in total. The van der Waals surface area contributed by atoms with Crippen LogP contribution in [0.15, 0.2) is 18.3 Å². The van der Waals surface area contributed by atoms with Crippen LogP contribution in [0, 0.1) is 0 Å². The number of imidazole rings is 1. The number of thioether (sulfide) groups is 1. The molecule has 1 atom stereocenters. The predicted molar refractivity (Wildman–Crippen MR) is 80.5 cm³/mol. The van der Waals surface area contributed by atoms with E-state index in [9.17, 15) is 0 Å². The monoisotopic (exact) mass is 276 g/mol. The van der Waals surface area contributed by atoms with Crippen molar-refractivity contribution in [3.63, 3.8) is 0 Å². The Bertz CT molecular complexity index is 558. The Morgan fingerprint density at radius 3 is 3.11 bits per heavy atom. The highest BCUT2D eigenvalue weighted by Gasteiger charge is 2.24. The maximum Gasteiger partial charge on any atom is 0.160 e. The van der Waals surface area contributed by atoms with E-state index in [0.29, 0.717) is 5.25 Å². The summed E-state index contributed by atoms with van der Waals surface area (Å²) in [5, 5.41) is 0.552. The van der Waals surface area contributed by atoms with Crippen molar-refractivity contribution in [2.45, 2.75) is 24.6 Å². The van der Waals surface area contributed by atoms with Crippen molar-refractivity contribution in [2.24, 2.45) is 0 Å². The lowest BCUT2D eigenvalue weighted by Gasteiger charge is -2.15. The number of aromatic nitrogens is 3. The minimum atomic E-state index is 0.552. The molecule has 0 spiro atoms. The molecule has 0 saturated carbocycles. The Morgan fingerprint density at radius 1 is 1.47 bits per heavy atom. The third-order valence-electron chi connectivity index (χ3n) is 3.52. The molecular formula is C14H20N4S. The summed E-state index contributed by atoms with van der Waals surface area (Å²) in [5.74, 6) is 2.48. The molecule has 0 aliphatic carbocycles. The van der Waals surface area contributed by atoms with E-state index in [1.54, 1.807) is 0 Å². The first-order valence-corrected chi connectivity index (χ1v) is 7.88. The van der Waals surface area contributed by atoms with Gasteiger partial charge in [0.25, 0.3) is 0 Å². The fraction of sp³-hybridized carbons (Fsp3) is 0.571. The van der Waals surface area contributed by atoms with Crippen molar-refractivity contribution in [3.05, 3.63) is 24.2 Å². The largest absolute Gasteiger partial charge is 0.310 e. The van der Waals surface area contributed by atoms with Crippen LogP contribution in [0.1, 0.15) is 23.9 Å². The summed E-state index contributed by atoms with van der Waals surface area (Å²) in [5.41, 5.74) is 2.07. The van der Waals surface area contributed by atoms with Gasteiger partial charge >= 0.3 is 0 Å². The second-order valence-electron chi connectivity index (χ2n) is 5.27. The molecule has 1 aliphatic heterocycles. The predicted octanol–water partition coefficient (Wildman–Crippen LogP) is 2.56. The Balaban J connectivity index is 2.00. The molecule has 5 heteroatoms. The van der Waals surface area contributed by atoms with Crippen molar-refractivity contribution >= 4 is 22.9 Å². The molecule has 19 heavy (non-hydrogen) atoms. The van der Waals surface area contributed by atoms with E-state index in [0.717, 1.165) is 24.3 Å². The van der Waals surface area contributed by atoms with Gasteiger partial charge in [-0.25, -0.2) is 9.97 Å². The molecule has 0 amide bonds. The van der Waals surface area contributed by atoms with E-state index in [2.05, 4.69) is 34.6 Å². The summed E-state index contributed by atoms with van der Waals surface area (Å²) >= 11 is 2.03. The Hall–Kier alpha value is -1.07. The fourth-order valence-electron chi connectivity index (χ4n) is 2.52. The molecule has 3 rings (SSSR count). The normalized spacial score (nSPS) is 19.6. The van der Waals surface area contributed by atoms with Crippen molar-refractivity contribution in [1.29, 1.82) is 0 Å². The lowest BCUT2D eigenvalue weighted by Crippen LogP contribution is -2.20. The quantitative estimate of drug-likeness (QED) is 0.859. The summed E-state index contributed by atoms with van der Waals surface area (Å²) in [7, 11) is 4.22. The molecule has 4 nitrogen and oxygen atoms in total. The van der Waals surface area contributed by atoms with E-state index in [4.69, 9.17) is 4.98 Å². The number of likely N-dealkylation sites (N-methyl/N-ethyl adjacent to an activating group) is 1. The van der Waals surface area contributed by atoms with Crippen LogP contribution in [0.5, 0.6) is 0 Å². The van der Waals surface area contributed by atoms with E-state index in [1.165, 1.54) is 24.4 Å². The average Bonchev–Trinajstić information content (AvgIpc) is 3.03. The van der Waals surface area contributed by atoms with E-state index >= 15 is 0 Å². The average molecular weight is 276 g/mol. The van der Waals surface area contributed by atoms with Gasteiger partial charge in [-0.05, 0) is 44.8 Å². The molecule has 0 aromatic carbocycles. The first kappa shape index (κ1) is 12.9. The topological polar surface area (TPSA) is 34.0 Å². The molecule has 1 aliphatic rings. The van der Waals surface area contributed by atoms with Crippen LogP contribution in [0.3, 0.4) is 0 Å². The fourth-order valence-corrected chi connectivity index (χ4v) is 3.80. The van der Waals surface area contributed by atoms with Gasteiger partial charge in [-0.1, -0.05) is 0 Å². The lowest BCUT2D eigenvalue weighted by molar-refractivity contribution is 0.382. The van der Waals surface area contributed by atoms with Crippen LogP contribution in [-0.2, 0) is 6.54 Å². The van der Waals surface area contributed by atoms with Crippen LogP contribution in [-0.4, -0.2) is 45.8 Å². The molecule has 0 radical (unpaired) electrons. The standard InChI is InChI=1S/C14H20N4S/c1-17(2)8-9-18-13-11(5-3-7-15-13)16-14(18)12-6-4-10-19-12/h3,5,7,12H,4,6,8-10H2,1-2H3. The van der Waals surface area contributed by atoms with Crippen molar-refractivity contribution in [1.82, 2.24) is 19.4 Å². The molecule has 0 bridgehead atoms. The third kappa shape index (κ3) is 2.62. The molecule has 1 fully saturated rings. The minimum Gasteiger partial charge on any atom is -0.310 e. The first-order valence-electron chi connectivity index (χ1n) is 6.83. The summed E-state index contributed by atoms with van der Waals surface area (Å²) in [4.78, 5) is 11.6. The van der Waals surface area contributed by atoms with Crippen LogP contribution < -0.4 is 0 Å². The highest BCUT2D eigenvalue weighted by Crippen LogP contribution is 2.40. The second-order valence-corrected chi connectivity index (χ2v) is 6.58. The maximum absolute atomic E-state index is 4.83. The zero-order valence-electron chi connectivity index (χ0n) is 11.5. The molecule has 2 aromatic rings. The van der Waals surface area contributed by atoms with Gasteiger partial charge in [0.1, 0.15) is 11.3 Å². The van der Waals surface area contributed by atoms with E-state index in [1.807, 2.05) is 24.0 Å². The SMILES string of the molecule is CN(C)CCn1c(C2CCCS2)nc2cccnc21. The number of hydrogen-bond donors (Lipinski definition) is 0. The Labute approximate surface area is 118 Å². The number of rotatable bonds is 4. The molecule has 1 unspecified atom stereocenters. The molecule has 3 heterocycles. The number of nitrogens with zero attached hydrogens (tertiary/aromatic N) is 4. The van der Waals surface area contributed by atoms with Gasteiger partial charge in [0, 0.05) is 19.3 Å². The molecule has 1 saturated heterocycles. The summed E-state index contributed by atoms with van der Waals surface area (Å²) in [6, 6.07) is 4.04. The van der Waals surface area contributed by atoms with Crippen molar-refractivity contribution < 1.29 is 0 Å². The van der Waals surface area contributed by atoms with Gasteiger partial charge in [-0.3, -0.25) is 0 Å². The van der Waals surface area contributed by atoms with Gasteiger partial charge in [0.2, 0.25) is 0 Å². The van der Waals surface area contributed by atoms with Gasteiger partial charge in [-0.15, -0.1) is 0 Å². The Morgan fingerprint density at radius 2 is 2.37 bits per heavy atom. The zero-order chi connectivity index (χ0) is 13.2. The lowest BCUT2D eigenvalue weighted by atomic mass is 10.2. The number of pyridine rings is 1. The number of hydrogen-bond acceptors (Lipinski definition) is 4. The third-order valence-corrected chi connectivity index (χ3v) is 4.90. The summed E-state index contributed by atoms with van der Waals surface area (Å²) in [6.07, 6.45) is 4.41. The van der Waals surface area contributed by atoms with Gasteiger partial charge in [0.05, 0.1) is 5.25 Å². The van der Waals surface area contributed by atoms with Gasteiger partial charge < -0.3 is 9.47 Å². The maximum atomic E-state index is 4.83. The number of fused-ring (bicyclic) bond motifs is 1. The minimum absolute atomic E-state index is 0.552. The van der Waals surface area contributed by atoms with Crippen LogP contribution >= 0.6 is 11.8 Å². The first-order chi connectivity index (χ1) is 9.25. The van der Waals surface area contributed by atoms with Gasteiger partial charge in [-0.2, -0.15) is 11.8 Å². The van der Waals surface area contributed by atoms with Crippen molar-refractivity contribution in [3.8, 4) is 0 Å². The highest BCUT2D eigenvalue weighted by molar-refractivity contribution is 7.99. The highest BCUT2D eigenvalue weighted by atomic mass is 32.2. The van der Waals surface area contributed by atoms with Crippen LogP contribution in [0.25, 0.3) is 11.2 Å². The molecule has 2 aromatic heterocycles. The van der Waals surface area contributed by atoms with Gasteiger partial charge in [0.15, 0.2) is 5.65 Å². The molecule has 102 valence electrons. The smallest absolute Gasteiger partial charge is 0.160 e. The molecular weight excluding hydrogens is 256 g/mol. The van der Waals surface area contributed by atoms with Crippen LogP contribution in [0.2, 0.25) is 0 Å². The Kier molecular flexibility index (Phi) is 3.75.